The van der Waals surface area contributed by atoms with Crippen LogP contribution in [0.15, 0.2) is 23.0 Å². The largest absolute Gasteiger partial charge is 0.477 e. The van der Waals surface area contributed by atoms with Crippen LogP contribution in [0, 0.1) is 17.0 Å². The molecule has 2 aromatic rings. The van der Waals surface area contributed by atoms with Crippen molar-refractivity contribution in [3.63, 3.8) is 0 Å². The van der Waals surface area contributed by atoms with Crippen molar-refractivity contribution >= 4 is 22.6 Å². The van der Waals surface area contributed by atoms with Crippen LogP contribution in [0.2, 0.25) is 0 Å². The Morgan fingerprint density at radius 1 is 1.39 bits per heavy atom. The molecule has 0 fully saturated rings. The fourth-order valence-electron chi connectivity index (χ4n) is 1.75. The standard InChI is InChI=1S/C11H8N2O5/c1-5-2-6-4-7(11(15)16)10(14)12-9(6)8(3-5)13(17)18/h2-4H,1H3,(H,12,14)(H,15,16). The number of nitro groups is 1. The molecule has 1 heterocycles. The lowest BCUT2D eigenvalue weighted by molar-refractivity contribution is -0.383. The molecule has 92 valence electrons. The van der Waals surface area contributed by atoms with E-state index in [-0.39, 0.29) is 11.2 Å². The van der Waals surface area contributed by atoms with Crippen molar-refractivity contribution in [2.45, 2.75) is 6.92 Å². The number of aryl methyl sites for hydroxylation is 1. The normalized spacial score (nSPS) is 10.5. The Labute approximate surface area is 99.8 Å². The lowest BCUT2D eigenvalue weighted by atomic mass is 10.1. The third-order valence-electron chi connectivity index (χ3n) is 2.50. The zero-order valence-corrected chi connectivity index (χ0v) is 9.26. The summed E-state index contributed by atoms with van der Waals surface area (Å²) in [7, 11) is 0. The Hall–Kier alpha value is -2.70. The molecule has 0 aliphatic carbocycles. The number of non-ortho nitro benzene ring substituents is 1. The van der Waals surface area contributed by atoms with Crippen LogP contribution in [0.1, 0.15) is 15.9 Å². The van der Waals surface area contributed by atoms with E-state index in [1.165, 1.54) is 6.07 Å². The van der Waals surface area contributed by atoms with E-state index in [1.807, 2.05) is 0 Å². The number of aromatic nitrogens is 1. The monoisotopic (exact) mass is 248 g/mol. The van der Waals surface area contributed by atoms with E-state index in [0.29, 0.717) is 10.9 Å². The highest BCUT2D eigenvalue weighted by Gasteiger charge is 2.17. The maximum Gasteiger partial charge on any atom is 0.341 e. The van der Waals surface area contributed by atoms with Crippen molar-refractivity contribution in [3.05, 3.63) is 49.8 Å². The summed E-state index contributed by atoms with van der Waals surface area (Å²) in [5.74, 6) is -1.37. The molecule has 1 aromatic carbocycles. The molecule has 0 radical (unpaired) electrons. The summed E-state index contributed by atoms with van der Waals surface area (Å²) in [6, 6.07) is 4.03. The van der Waals surface area contributed by atoms with Gasteiger partial charge in [0, 0.05) is 11.5 Å². The van der Waals surface area contributed by atoms with Gasteiger partial charge >= 0.3 is 5.97 Å². The smallest absolute Gasteiger partial charge is 0.341 e. The molecule has 0 bridgehead atoms. The van der Waals surface area contributed by atoms with Crippen molar-refractivity contribution in [3.8, 4) is 0 Å². The molecule has 18 heavy (non-hydrogen) atoms. The van der Waals surface area contributed by atoms with Crippen molar-refractivity contribution in [1.82, 2.24) is 4.98 Å². The van der Waals surface area contributed by atoms with Crippen molar-refractivity contribution < 1.29 is 14.8 Å². The summed E-state index contributed by atoms with van der Waals surface area (Å²) in [5.41, 5.74) is -0.915. The average Bonchev–Trinajstić information content (AvgIpc) is 2.27. The molecule has 2 rings (SSSR count). The first-order valence-corrected chi connectivity index (χ1v) is 4.95. The third kappa shape index (κ3) is 1.81. The van der Waals surface area contributed by atoms with Crippen molar-refractivity contribution in [2.75, 3.05) is 0 Å². The molecule has 2 N–H and O–H groups in total. The summed E-state index contributed by atoms with van der Waals surface area (Å²) in [4.78, 5) is 34.8. The zero-order valence-electron chi connectivity index (χ0n) is 9.26. The number of H-pyrrole nitrogens is 1. The van der Waals surface area contributed by atoms with E-state index in [1.54, 1.807) is 13.0 Å². The van der Waals surface area contributed by atoms with E-state index in [0.717, 1.165) is 6.07 Å². The molecule has 0 unspecified atom stereocenters. The lowest BCUT2D eigenvalue weighted by Gasteiger charge is -2.02. The molecule has 7 nitrogen and oxygen atoms in total. The van der Waals surface area contributed by atoms with Crippen LogP contribution < -0.4 is 5.56 Å². The number of aromatic carboxylic acids is 1. The molecule has 0 saturated carbocycles. The molecule has 7 heteroatoms. The summed E-state index contributed by atoms with van der Waals surface area (Å²) < 4.78 is 0. The number of carboxylic acid groups (broad SMARTS) is 1. The quantitative estimate of drug-likeness (QED) is 0.616. The van der Waals surface area contributed by atoms with Crippen LogP contribution in [0.3, 0.4) is 0 Å². The molecule has 0 aliphatic heterocycles. The second-order valence-electron chi connectivity index (χ2n) is 3.82. The number of nitrogens with zero attached hydrogens (tertiary/aromatic N) is 1. The summed E-state index contributed by atoms with van der Waals surface area (Å²) in [6.45, 7) is 1.65. The molecule has 0 spiro atoms. The number of carboxylic acids is 1. The Morgan fingerprint density at radius 3 is 2.61 bits per heavy atom. The molecule has 0 saturated heterocycles. The van der Waals surface area contributed by atoms with Crippen LogP contribution in [0.5, 0.6) is 0 Å². The van der Waals surface area contributed by atoms with Crippen molar-refractivity contribution in [1.29, 1.82) is 0 Å². The number of rotatable bonds is 2. The van der Waals surface area contributed by atoms with Gasteiger partial charge in [-0.15, -0.1) is 0 Å². The first-order valence-electron chi connectivity index (χ1n) is 4.95. The van der Waals surface area contributed by atoms with Crippen molar-refractivity contribution in [2.24, 2.45) is 0 Å². The van der Waals surface area contributed by atoms with E-state index in [9.17, 15) is 19.7 Å². The highest BCUT2D eigenvalue weighted by Crippen LogP contribution is 2.24. The first kappa shape index (κ1) is 11.8. The number of pyridine rings is 1. The van der Waals surface area contributed by atoms with Gasteiger partial charge in [-0.2, -0.15) is 0 Å². The number of carbonyl (C=O) groups is 1. The van der Waals surface area contributed by atoms with E-state index >= 15 is 0 Å². The van der Waals surface area contributed by atoms with Gasteiger partial charge in [-0.3, -0.25) is 14.9 Å². The summed E-state index contributed by atoms with van der Waals surface area (Å²) >= 11 is 0. The number of nitrogens with one attached hydrogen (secondary N) is 1. The van der Waals surface area contributed by atoms with Gasteiger partial charge in [0.2, 0.25) is 0 Å². The van der Waals surface area contributed by atoms with Gasteiger partial charge in [-0.25, -0.2) is 4.79 Å². The third-order valence-corrected chi connectivity index (χ3v) is 2.50. The van der Waals surface area contributed by atoms with Gasteiger partial charge in [0.25, 0.3) is 11.2 Å². The highest BCUT2D eigenvalue weighted by atomic mass is 16.6. The average molecular weight is 248 g/mol. The van der Waals surface area contributed by atoms with Gasteiger partial charge in [0.05, 0.1) is 4.92 Å². The molecular formula is C11H8N2O5. The molecule has 0 amide bonds. The minimum atomic E-state index is -1.37. The number of hydrogen-bond donors (Lipinski definition) is 2. The highest BCUT2D eigenvalue weighted by molar-refractivity contribution is 5.95. The predicted octanol–water partition coefficient (Wildman–Crippen LogP) is 1.44. The molecular weight excluding hydrogens is 240 g/mol. The van der Waals surface area contributed by atoms with Crippen LogP contribution in [0.25, 0.3) is 10.9 Å². The maximum atomic E-state index is 11.5. The van der Waals surface area contributed by atoms with Crippen LogP contribution in [-0.2, 0) is 0 Å². The molecule has 1 aromatic heterocycles. The van der Waals surface area contributed by atoms with E-state index in [2.05, 4.69) is 4.98 Å². The Morgan fingerprint density at radius 2 is 2.06 bits per heavy atom. The van der Waals surface area contributed by atoms with Crippen LogP contribution in [-0.4, -0.2) is 21.0 Å². The minimum absolute atomic E-state index is 0.0283. The zero-order chi connectivity index (χ0) is 13.4. The summed E-state index contributed by atoms with van der Waals surface area (Å²) in [6.07, 6.45) is 0. The number of hydrogen-bond acceptors (Lipinski definition) is 4. The van der Waals surface area contributed by atoms with Gasteiger partial charge in [-0.1, -0.05) is 0 Å². The first-order chi connectivity index (χ1) is 8.40. The summed E-state index contributed by atoms with van der Waals surface area (Å²) in [5, 5.41) is 20.0. The number of aromatic amines is 1. The van der Waals surface area contributed by atoms with Gasteiger partial charge < -0.3 is 10.1 Å². The Balaban J connectivity index is 2.92. The molecule has 0 aliphatic rings. The maximum absolute atomic E-state index is 11.5. The van der Waals surface area contributed by atoms with Gasteiger partial charge in [-0.05, 0) is 24.6 Å². The minimum Gasteiger partial charge on any atom is -0.477 e. The number of nitro benzene ring substituents is 1. The Kier molecular flexibility index (Phi) is 2.59. The second kappa shape index (κ2) is 3.95. The van der Waals surface area contributed by atoms with Crippen LogP contribution >= 0.6 is 0 Å². The Bertz CT molecular complexity index is 732. The SMILES string of the molecule is Cc1cc([N+](=O)[O-])c2[nH]c(=O)c(C(=O)O)cc2c1. The molecule has 0 atom stereocenters. The fraction of sp³-hybridized carbons (Fsp3) is 0.0909. The van der Waals surface area contributed by atoms with E-state index in [4.69, 9.17) is 5.11 Å². The predicted molar refractivity (Wildman–Crippen MR) is 62.9 cm³/mol. The lowest BCUT2D eigenvalue weighted by Crippen LogP contribution is -2.17. The fourth-order valence-corrected chi connectivity index (χ4v) is 1.75. The van der Waals surface area contributed by atoms with Crippen LogP contribution in [0.4, 0.5) is 5.69 Å². The number of fused-ring (bicyclic) bond motifs is 1. The van der Waals surface area contributed by atoms with E-state index < -0.39 is 22.0 Å². The topological polar surface area (TPSA) is 113 Å². The second-order valence-corrected chi connectivity index (χ2v) is 3.82. The van der Waals surface area contributed by atoms with Gasteiger partial charge in [0.15, 0.2) is 0 Å². The van der Waals surface area contributed by atoms with Gasteiger partial charge in [0.1, 0.15) is 11.1 Å². The number of benzene rings is 1.